The highest BCUT2D eigenvalue weighted by Gasteiger charge is 2.52. The Balaban J connectivity index is 1.53. The molecule has 0 aromatic rings. The lowest BCUT2D eigenvalue weighted by Gasteiger charge is -2.47. The first-order valence-electron chi connectivity index (χ1n) is 26.2. The number of rotatable bonds is 35. The van der Waals surface area contributed by atoms with Crippen LogP contribution in [0.15, 0.2) is 0 Å². The summed E-state index contributed by atoms with van der Waals surface area (Å²) >= 11 is 0. The molecule has 3 rings (SSSR count). The zero-order chi connectivity index (χ0) is 51.8. The zero-order valence-electron chi connectivity index (χ0n) is 42.4. The Labute approximate surface area is 414 Å². The van der Waals surface area contributed by atoms with Crippen LogP contribution in [0, 0.1) is 11.8 Å². The standard InChI is InChI=1S/C50H90O20/c1-6-7-21-33(22-20-25-35(53)34(52)23-18-16-14-12-10-8-9-11-13-15-17-19-24-36(54)47(61)62)67-49-45(31(4)37(55)27-64-49)69-50-46(42(58)39(29-65-50)66-32(5)51)70-48-44(60)43(59)41(57)38(68-48)28-63-40(56)26-30(2)3/h30-31,33-39,41-46,48-50,52-55,57-60H,6-29H2,1-5H3,(H,61,62)/t31-,33?,34?,35?,36?,37+,38+,39+,41+,42-,43-,44+,45+,46+,48-,49-,50-/m0/s1. The van der Waals surface area contributed by atoms with Gasteiger partial charge >= 0.3 is 17.9 Å². The molecule has 0 saturated carbocycles. The number of carboxylic acids is 1. The van der Waals surface area contributed by atoms with Crippen LogP contribution < -0.4 is 0 Å². The first-order valence-corrected chi connectivity index (χ1v) is 26.2. The summed E-state index contributed by atoms with van der Waals surface area (Å²) in [5, 5.41) is 94.7. The molecule has 3 heterocycles. The van der Waals surface area contributed by atoms with Crippen LogP contribution >= 0.6 is 0 Å². The summed E-state index contributed by atoms with van der Waals surface area (Å²) in [5.74, 6) is -3.07. The third-order valence-electron chi connectivity index (χ3n) is 13.5. The summed E-state index contributed by atoms with van der Waals surface area (Å²) in [6, 6.07) is 0. The molecular formula is C50H90O20. The molecule has 9 N–H and O–H groups in total. The van der Waals surface area contributed by atoms with Crippen molar-refractivity contribution >= 4 is 17.9 Å². The van der Waals surface area contributed by atoms with E-state index in [9.17, 15) is 55.2 Å². The van der Waals surface area contributed by atoms with Gasteiger partial charge in [0.25, 0.3) is 0 Å². The van der Waals surface area contributed by atoms with Crippen LogP contribution in [0.4, 0.5) is 0 Å². The first-order chi connectivity index (χ1) is 33.3. The van der Waals surface area contributed by atoms with Crippen molar-refractivity contribution in [3.63, 3.8) is 0 Å². The highest BCUT2D eigenvalue weighted by Crippen LogP contribution is 2.34. The van der Waals surface area contributed by atoms with Gasteiger partial charge in [-0.05, 0) is 44.4 Å². The minimum absolute atomic E-state index is 0.00924. The maximum Gasteiger partial charge on any atom is 0.332 e. The highest BCUT2D eigenvalue weighted by atomic mass is 16.8. The lowest BCUT2D eigenvalue weighted by atomic mass is 9.94. The molecular weight excluding hydrogens is 921 g/mol. The van der Waals surface area contributed by atoms with E-state index in [2.05, 4.69) is 6.92 Å². The third kappa shape index (κ3) is 22.1. The maximum absolute atomic E-state index is 12.3. The van der Waals surface area contributed by atoms with Gasteiger partial charge in [-0.3, -0.25) is 9.59 Å². The summed E-state index contributed by atoms with van der Waals surface area (Å²) < 4.78 is 47.4. The van der Waals surface area contributed by atoms with E-state index in [-0.39, 0.29) is 31.7 Å². The van der Waals surface area contributed by atoms with Gasteiger partial charge in [-0.15, -0.1) is 0 Å². The maximum atomic E-state index is 12.3. The Kier molecular flexibility index (Phi) is 29.9. The number of hydrogen-bond acceptors (Lipinski definition) is 19. The van der Waals surface area contributed by atoms with E-state index in [0.717, 1.165) is 84.0 Å². The van der Waals surface area contributed by atoms with E-state index >= 15 is 0 Å². The van der Waals surface area contributed by atoms with Crippen LogP contribution in [0.25, 0.3) is 0 Å². The number of esters is 2. The quantitative estimate of drug-likeness (QED) is 0.0324. The van der Waals surface area contributed by atoms with Crippen molar-refractivity contribution in [1.29, 1.82) is 0 Å². The molecule has 70 heavy (non-hydrogen) atoms. The fraction of sp³-hybridized carbons (Fsp3) is 0.940. The molecule has 0 radical (unpaired) electrons. The van der Waals surface area contributed by atoms with Gasteiger partial charge < -0.3 is 83.9 Å². The van der Waals surface area contributed by atoms with Gasteiger partial charge in [0.05, 0.1) is 37.6 Å². The van der Waals surface area contributed by atoms with Crippen molar-refractivity contribution in [2.24, 2.45) is 11.8 Å². The molecule has 20 nitrogen and oxygen atoms in total. The second kappa shape index (κ2) is 33.6. The first kappa shape index (κ1) is 62.1. The number of ether oxygens (including phenoxy) is 8. The van der Waals surface area contributed by atoms with E-state index in [1.54, 1.807) is 6.92 Å². The number of aliphatic carboxylic acids is 1. The Morgan fingerprint density at radius 1 is 0.629 bits per heavy atom. The van der Waals surface area contributed by atoms with Crippen LogP contribution in [0.3, 0.4) is 0 Å². The van der Waals surface area contributed by atoms with E-state index in [1.165, 1.54) is 12.8 Å². The van der Waals surface area contributed by atoms with Gasteiger partial charge in [-0.2, -0.15) is 0 Å². The predicted octanol–water partition coefficient (Wildman–Crippen LogP) is 3.53. The number of aliphatic hydroxyl groups excluding tert-OH is 8. The van der Waals surface area contributed by atoms with Crippen molar-refractivity contribution in [1.82, 2.24) is 0 Å². The van der Waals surface area contributed by atoms with Gasteiger partial charge in [-0.1, -0.05) is 118 Å². The molecule has 0 aromatic heterocycles. The summed E-state index contributed by atoms with van der Waals surface area (Å²) in [5.41, 5.74) is 0. The van der Waals surface area contributed by atoms with Crippen LogP contribution in [-0.2, 0) is 52.3 Å². The van der Waals surface area contributed by atoms with Gasteiger partial charge in [0.2, 0.25) is 0 Å². The molecule has 0 aliphatic carbocycles. The molecule has 0 spiro atoms. The summed E-state index contributed by atoms with van der Waals surface area (Å²) in [6.45, 7) is 7.69. The van der Waals surface area contributed by atoms with E-state index in [1.807, 2.05) is 13.8 Å². The second-order valence-corrected chi connectivity index (χ2v) is 20.1. The molecule has 3 aliphatic heterocycles. The smallest absolute Gasteiger partial charge is 0.332 e. The average molecular weight is 1010 g/mol. The van der Waals surface area contributed by atoms with Crippen LogP contribution in [0.5, 0.6) is 0 Å². The fourth-order valence-corrected chi connectivity index (χ4v) is 9.01. The Hall–Kier alpha value is -2.15. The molecule has 3 fully saturated rings. The number of carboxylic acid groups (broad SMARTS) is 1. The summed E-state index contributed by atoms with van der Waals surface area (Å²) in [7, 11) is 0. The number of hydrogen-bond donors (Lipinski definition) is 9. The number of aliphatic hydroxyl groups is 8. The molecule has 0 aromatic carbocycles. The lowest BCUT2D eigenvalue weighted by Crippen LogP contribution is -2.64. The lowest BCUT2D eigenvalue weighted by molar-refractivity contribution is -0.377. The van der Waals surface area contributed by atoms with E-state index in [0.29, 0.717) is 38.5 Å². The Morgan fingerprint density at radius 2 is 1.17 bits per heavy atom. The molecule has 0 amide bonds. The van der Waals surface area contributed by atoms with Crippen molar-refractivity contribution in [3.05, 3.63) is 0 Å². The van der Waals surface area contributed by atoms with Crippen molar-refractivity contribution in [2.75, 3.05) is 19.8 Å². The minimum atomic E-state index is -1.86. The molecule has 3 saturated heterocycles. The second-order valence-electron chi connectivity index (χ2n) is 20.1. The van der Waals surface area contributed by atoms with E-state index < -0.39 is 123 Å². The normalized spacial score (nSPS) is 31.2. The van der Waals surface area contributed by atoms with Gasteiger partial charge in [0, 0.05) is 19.3 Å². The molecule has 410 valence electrons. The van der Waals surface area contributed by atoms with Crippen molar-refractivity contribution < 1.29 is 98.2 Å². The van der Waals surface area contributed by atoms with Crippen LogP contribution in [-0.4, -0.2) is 182 Å². The Morgan fingerprint density at radius 3 is 1.74 bits per heavy atom. The predicted molar refractivity (Wildman–Crippen MR) is 252 cm³/mol. The van der Waals surface area contributed by atoms with Crippen LogP contribution in [0.1, 0.15) is 169 Å². The number of carbonyl (C=O) groups is 3. The number of unbranched alkanes of at least 4 members (excludes halogenated alkanes) is 12. The third-order valence-corrected chi connectivity index (χ3v) is 13.5. The van der Waals surface area contributed by atoms with Crippen LogP contribution in [0.2, 0.25) is 0 Å². The average Bonchev–Trinajstić information content (AvgIpc) is 3.31. The van der Waals surface area contributed by atoms with Crippen molar-refractivity contribution in [3.8, 4) is 0 Å². The zero-order valence-corrected chi connectivity index (χ0v) is 42.4. The fourth-order valence-electron chi connectivity index (χ4n) is 9.01. The monoisotopic (exact) mass is 1010 g/mol. The van der Waals surface area contributed by atoms with Crippen molar-refractivity contribution in [2.45, 2.75) is 268 Å². The SMILES string of the molecule is CCCCC(CCCC(O)C(O)CCCCCCCCCCCCCCC(O)C(=O)O)O[C@@H]1OC[C@@H](O)[C@H](C)[C@H]1O[C@@H]1OC[C@@H](OC(C)=O)[C@H](O)[C@H]1O[C@@H]1O[C@H](COC(=O)CC(C)C)[C@@H](O)[C@H](O)[C@H]1O. The summed E-state index contributed by atoms with van der Waals surface area (Å²) in [4.78, 5) is 35.0. The molecule has 0 bridgehead atoms. The van der Waals surface area contributed by atoms with Gasteiger partial charge in [0.1, 0.15) is 49.3 Å². The molecule has 3 aliphatic rings. The highest BCUT2D eigenvalue weighted by molar-refractivity contribution is 5.71. The van der Waals surface area contributed by atoms with Gasteiger partial charge in [-0.25, -0.2) is 4.79 Å². The number of carbonyl (C=O) groups excluding carboxylic acids is 2. The Bertz CT molecular complexity index is 1440. The van der Waals surface area contributed by atoms with E-state index in [4.69, 9.17) is 43.0 Å². The molecule has 4 unspecified atom stereocenters. The van der Waals surface area contributed by atoms with Gasteiger partial charge in [0.15, 0.2) is 31.1 Å². The molecule has 20 heteroatoms. The topological polar surface area (TPSA) is 307 Å². The summed E-state index contributed by atoms with van der Waals surface area (Å²) in [6.07, 6.45) is -3.71. The molecule has 17 atom stereocenters. The minimum Gasteiger partial charge on any atom is -0.479 e. The largest absolute Gasteiger partial charge is 0.479 e.